The summed E-state index contributed by atoms with van der Waals surface area (Å²) < 4.78 is 5.63. The fraction of sp³-hybridized carbons (Fsp3) is 0.200. The fourth-order valence-electron chi connectivity index (χ4n) is 2.17. The quantitative estimate of drug-likeness (QED) is 0.943. The van der Waals surface area contributed by atoms with Crippen molar-refractivity contribution in [3.63, 3.8) is 0 Å². The lowest BCUT2D eigenvalue weighted by molar-refractivity contribution is -0.127. The van der Waals surface area contributed by atoms with Gasteiger partial charge in [0.15, 0.2) is 6.10 Å². The summed E-state index contributed by atoms with van der Waals surface area (Å²) in [6, 6.07) is 9.13. The maximum Gasteiger partial charge on any atom is 0.261 e. The molecule has 1 atom stereocenters. The van der Waals surface area contributed by atoms with Gasteiger partial charge in [-0.15, -0.1) is 0 Å². The molecule has 4 nitrogen and oxygen atoms in total. The van der Waals surface area contributed by atoms with Crippen molar-refractivity contribution >= 4 is 17.5 Å². The van der Waals surface area contributed by atoms with Crippen LogP contribution in [0.1, 0.15) is 11.1 Å². The Kier molecular flexibility index (Phi) is 3.56. The second-order valence-corrected chi connectivity index (χ2v) is 5.07. The Morgan fingerprint density at radius 3 is 2.95 bits per heavy atom. The normalized spacial score (nSPS) is 16.4. The number of rotatable bonds is 3. The zero-order chi connectivity index (χ0) is 13.9. The van der Waals surface area contributed by atoms with Crippen LogP contribution in [-0.2, 0) is 17.8 Å². The molecular formula is C15H13ClN2O2. The molecule has 2 aromatic rings. The summed E-state index contributed by atoms with van der Waals surface area (Å²) in [7, 11) is 0. The summed E-state index contributed by atoms with van der Waals surface area (Å²) in [6.07, 6.45) is 3.47. The van der Waals surface area contributed by atoms with Gasteiger partial charge in [-0.3, -0.25) is 9.78 Å². The van der Waals surface area contributed by atoms with Crippen molar-refractivity contribution in [2.75, 3.05) is 0 Å². The van der Waals surface area contributed by atoms with Crippen LogP contribution in [0.3, 0.4) is 0 Å². The number of ether oxygens (including phenoxy) is 1. The van der Waals surface area contributed by atoms with Crippen LogP contribution in [0.25, 0.3) is 0 Å². The van der Waals surface area contributed by atoms with Crippen LogP contribution in [0, 0.1) is 0 Å². The van der Waals surface area contributed by atoms with Gasteiger partial charge in [0, 0.05) is 30.4 Å². The average molecular weight is 289 g/mol. The molecule has 0 fully saturated rings. The molecule has 1 aliphatic heterocycles. The van der Waals surface area contributed by atoms with Crippen LogP contribution < -0.4 is 10.1 Å². The molecule has 5 heteroatoms. The topological polar surface area (TPSA) is 51.2 Å². The predicted octanol–water partition coefficient (Wildman–Crippen LogP) is 2.35. The van der Waals surface area contributed by atoms with Crippen molar-refractivity contribution in [3.05, 3.63) is 58.9 Å². The summed E-state index contributed by atoms with van der Waals surface area (Å²) in [6.45, 7) is 0.471. The first kappa shape index (κ1) is 12.9. The molecule has 0 saturated carbocycles. The SMILES string of the molecule is O=C(NCc1ccncc1)C1Cc2cc(Cl)ccc2O1. The molecule has 1 aromatic carbocycles. The zero-order valence-electron chi connectivity index (χ0n) is 10.7. The summed E-state index contributed by atoms with van der Waals surface area (Å²) in [5.74, 6) is 0.618. The van der Waals surface area contributed by atoms with E-state index < -0.39 is 6.10 Å². The number of amides is 1. The van der Waals surface area contributed by atoms with Gasteiger partial charge in [-0.2, -0.15) is 0 Å². The minimum atomic E-state index is -0.481. The Morgan fingerprint density at radius 2 is 2.15 bits per heavy atom. The minimum absolute atomic E-state index is 0.117. The molecule has 102 valence electrons. The van der Waals surface area contributed by atoms with Crippen molar-refractivity contribution in [1.82, 2.24) is 10.3 Å². The third-order valence-corrected chi connectivity index (χ3v) is 3.44. The first-order chi connectivity index (χ1) is 9.72. The van der Waals surface area contributed by atoms with Gasteiger partial charge >= 0.3 is 0 Å². The van der Waals surface area contributed by atoms with Crippen LogP contribution in [-0.4, -0.2) is 17.0 Å². The van der Waals surface area contributed by atoms with E-state index in [0.717, 1.165) is 16.9 Å². The molecule has 1 aromatic heterocycles. The molecule has 0 bridgehead atoms. The molecule has 1 aliphatic rings. The van der Waals surface area contributed by atoms with Gasteiger partial charge < -0.3 is 10.1 Å². The number of hydrogen-bond acceptors (Lipinski definition) is 3. The standard InChI is InChI=1S/C15H13ClN2O2/c16-12-1-2-13-11(7-12)8-14(20-13)15(19)18-9-10-3-5-17-6-4-10/h1-7,14H,8-9H2,(H,18,19). The summed E-state index contributed by atoms with van der Waals surface area (Å²) >= 11 is 5.93. The number of carbonyl (C=O) groups is 1. The van der Waals surface area contributed by atoms with Gasteiger partial charge in [0.25, 0.3) is 5.91 Å². The van der Waals surface area contributed by atoms with Crippen LogP contribution in [0.5, 0.6) is 5.75 Å². The molecule has 3 rings (SSSR count). The highest BCUT2D eigenvalue weighted by Gasteiger charge is 2.28. The summed E-state index contributed by atoms with van der Waals surface area (Å²) in [5, 5.41) is 3.52. The smallest absolute Gasteiger partial charge is 0.261 e. The van der Waals surface area contributed by atoms with E-state index >= 15 is 0 Å². The number of carbonyl (C=O) groups excluding carboxylic acids is 1. The van der Waals surface area contributed by atoms with E-state index in [0.29, 0.717) is 18.0 Å². The third kappa shape index (κ3) is 2.75. The van der Waals surface area contributed by atoms with Crippen molar-refractivity contribution in [3.8, 4) is 5.75 Å². The first-order valence-electron chi connectivity index (χ1n) is 6.34. The number of aromatic nitrogens is 1. The molecular weight excluding hydrogens is 276 g/mol. The second kappa shape index (κ2) is 5.51. The molecule has 0 radical (unpaired) electrons. The van der Waals surface area contributed by atoms with Crippen molar-refractivity contribution in [2.45, 2.75) is 19.1 Å². The number of pyridine rings is 1. The van der Waals surface area contributed by atoms with Gasteiger partial charge in [-0.25, -0.2) is 0 Å². The van der Waals surface area contributed by atoms with E-state index in [-0.39, 0.29) is 5.91 Å². The van der Waals surface area contributed by atoms with Gasteiger partial charge in [-0.05, 0) is 41.5 Å². The molecule has 1 unspecified atom stereocenters. The largest absolute Gasteiger partial charge is 0.480 e. The van der Waals surface area contributed by atoms with Crippen molar-refractivity contribution in [2.24, 2.45) is 0 Å². The monoisotopic (exact) mass is 288 g/mol. The lowest BCUT2D eigenvalue weighted by Crippen LogP contribution is -2.37. The summed E-state index contributed by atoms with van der Waals surface area (Å²) in [4.78, 5) is 16.0. The van der Waals surface area contributed by atoms with Crippen LogP contribution in [0.15, 0.2) is 42.7 Å². The zero-order valence-corrected chi connectivity index (χ0v) is 11.4. The molecule has 20 heavy (non-hydrogen) atoms. The number of nitrogens with one attached hydrogen (secondary N) is 1. The van der Waals surface area contributed by atoms with Crippen molar-refractivity contribution < 1.29 is 9.53 Å². The first-order valence-corrected chi connectivity index (χ1v) is 6.72. The second-order valence-electron chi connectivity index (χ2n) is 4.64. The van der Waals surface area contributed by atoms with E-state index in [2.05, 4.69) is 10.3 Å². The molecule has 1 N–H and O–H groups in total. The van der Waals surface area contributed by atoms with Crippen LogP contribution in [0.4, 0.5) is 0 Å². The lowest BCUT2D eigenvalue weighted by atomic mass is 10.1. The maximum atomic E-state index is 12.1. The van der Waals surface area contributed by atoms with E-state index in [1.54, 1.807) is 24.5 Å². The Hall–Kier alpha value is -2.07. The summed E-state index contributed by atoms with van der Waals surface area (Å²) in [5.41, 5.74) is 1.98. The number of hydrogen-bond donors (Lipinski definition) is 1. The van der Waals surface area contributed by atoms with Gasteiger partial charge in [0.2, 0.25) is 0 Å². The van der Waals surface area contributed by atoms with Gasteiger partial charge in [-0.1, -0.05) is 11.6 Å². The van der Waals surface area contributed by atoms with Gasteiger partial charge in [0.1, 0.15) is 5.75 Å². The Bertz CT molecular complexity index is 631. The van der Waals surface area contributed by atoms with Crippen LogP contribution >= 0.6 is 11.6 Å². The van der Waals surface area contributed by atoms with Gasteiger partial charge in [0.05, 0.1) is 0 Å². The Labute approximate surface area is 121 Å². The fourth-order valence-corrected chi connectivity index (χ4v) is 2.36. The average Bonchev–Trinajstić information content (AvgIpc) is 2.89. The van der Waals surface area contributed by atoms with E-state index in [1.807, 2.05) is 18.2 Å². The van der Waals surface area contributed by atoms with E-state index in [4.69, 9.17) is 16.3 Å². The number of fused-ring (bicyclic) bond motifs is 1. The lowest BCUT2D eigenvalue weighted by Gasteiger charge is -2.11. The molecule has 0 saturated heterocycles. The maximum absolute atomic E-state index is 12.1. The highest BCUT2D eigenvalue weighted by Crippen LogP contribution is 2.31. The molecule has 2 heterocycles. The number of benzene rings is 1. The highest BCUT2D eigenvalue weighted by atomic mass is 35.5. The minimum Gasteiger partial charge on any atom is -0.480 e. The van der Waals surface area contributed by atoms with Crippen molar-refractivity contribution in [1.29, 1.82) is 0 Å². The Balaban J connectivity index is 1.60. The molecule has 0 aliphatic carbocycles. The number of halogens is 1. The van der Waals surface area contributed by atoms with Crippen LogP contribution in [0.2, 0.25) is 5.02 Å². The van der Waals surface area contributed by atoms with E-state index in [9.17, 15) is 4.79 Å². The Morgan fingerprint density at radius 1 is 1.35 bits per heavy atom. The van der Waals surface area contributed by atoms with E-state index in [1.165, 1.54) is 0 Å². The molecule has 1 amide bonds. The third-order valence-electron chi connectivity index (χ3n) is 3.21. The highest BCUT2D eigenvalue weighted by molar-refractivity contribution is 6.30. The predicted molar refractivity (Wildman–Crippen MR) is 75.7 cm³/mol. The number of nitrogens with zero attached hydrogens (tertiary/aromatic N) is 1. The molecule has 0 spiro atoms.